The average Bonchev–Trinajstić information content (AvgIpc) is 2.37. The van der Waals surface area contributed by atoms with E-state index in [1.165, 1.54) is 19.1 Å². The van der Waals surface area contributed by atoms with Crippen LogP contribution in [0.5, 0.6) is 5.75 Å². The Morgan fingerprint density at radius 3 is 2.47 bits per heavy atom. The second kappa shape index (κ2) is 7.47. The number of ether oxygens (including phenoxy) is 1. The molecule has 0 aliphatic carbocycles. The van der Waals surface area contributed by atoms with Crippen molar-refractivity contribution in [3.05, 3.63) is 24.3 Å². The van der Waals surface area contributed by atoms with Crippen LogP contribution in [0.1, 0.15) is 26.7 Å². The number of hydrogen-bond acceptors (Lipinski definition) is 4. The van der Waals surface area contributed by atoms with Crippen molar-refractivity contribution in [1.82, 2.24) is 4.72 Å². The fraction of sp³-hybridized carbons (Fsp3) is 0.538. The maximum absolute atomic E-state index is 11.8. The number of sulfonamides is 1. The van der Waals surface area contributed by atoms with Gasteiger partial charge in [0.05, 0.1) is 17.6 Å². The van der Waals surface area contributed by atoms with Crippen LogP contribution in [-0.4, -0.2) is 32.8 Å². The van der Waals surface area contributed by atoms with E-state index in [1.807, 2.05) is 0 Å². The lowest BCUT2D eigenvalue weighted by Crippen LogP contribution is -2.30. The summed E-state index contributed by atoms with van der Waals surface area (Å²) in [6.07, 6.45) is 1.30. The maximum Gasteiger partial charge on any atom is 0.240 e. The molecule has 1 rings (SSSR count). The Morgan fingerprint density at radius 1 is 1.32 bits per heavy atom. The number of unbranched alkanes of at least 4 members (excludes halogenated alkanes) is 1. The highest BCUT2D eigenvalue weighted by Crippen LogP contribution is 2.16. The Kier molecular flexibility index (Phi) is 6.27. The lowest BCUT2D eigenvalue weighted by Gasteiger charge is -2.09. The van der Waals surface area contributed by atoms with Gasteiger partial charge in [-0.15, -0.1) is 0 Å². The minimum Gasteiger partial charge on any atom is -0.494 e. The summed E-state index contributed by atoms with van der Waals surface area (Å²) in [5, 5.41) is 9.08. The average molecular weight is 287 g/mol. The minimum atomic E-state index is -3.56. The minimum absolute atomic E-state index is 0.00289. The van der Waals surface area contributed by atoms with Gasteiger partial charge in [-0.05, 0) is 37.6 Å². The zero-order valence-electron chi connectivity index (χ0n) is 11.3. The summed E-state index contributed by atoms with van der Waals surface area (Å²) in [6.45, 7) is 4.22. The Labute approximate surface area is 114 Å². The van der Waals surface area contributed by atoms with Crippen molar-refractivity contribution in [2.45, 2.75) is 37.7 Å². The molecule has 0 spiro atoms. The Morgan fingerprint density at radius 2 is 1.95 bits per heavy atom. The van der Waals surface area contributed by atoms with Gasteiger partial charge in [0.2, 0.25) is 10.0 Å². The molecule has 0 amide bonds. The first kappa shape index (κ1) is 15.9. The van der Waals surface area contributed by atoms with Crippen LogP contribution < -0.4 is 9.46 Å². The van der Waals surface area contributed by atoms with Crippen molar-refractivity contribution in [2.75, 3.05) is 13.2 Å². The zero-order chi connectivity index (χ0) is 14.3. The summed E-state index contributed by atoms with van der Waals surface area (Å²) < 4.78 is 31.5. The van der Waals surface area contributed by atoms with Crippen molar-refractivity contribution in [1.29, 1.82) is 0 Å². The molecular weight excluding hydrogens is 266 g/mol. The van der Waals surface area contributed by atoms with Crippen LogP contribution in [0, 0.1) is 0 Å². The third-order valence-electron chi connectivity index (χ3n) is 2.47. The standard InChI is InChI=1S/C13H21NO4S/c1-3-4-9-18-12-5-7-13(8-6-12)19(16,17)14-10-11(2)15/h5-8,11,14-15H,3-4,9-10H2,1-2H3/t11-/m0/s1. The molecular formula is C13H21NO4S. The van der Waals surface area contributed by atoms with E-state index in [0.717, 1.165) is 12.8 Å². The molecule has 0 heterocycles. The normalized spacial score (nSPS) is 13.2. The summed E-state index contributed by atoms with van der Waals surface area (Å²) in [6, 6.07) is 6.25. The largest absolute Gasteiger partial charge is 0.494 e. The third-order valence-corrected chi connectivity index (χ3v) is 3.91. The lowest BCUT2D eigenvalue weighted by atomic mass is 10.3. The smallest absolute Gasteiger partial charge is 0.240 e. The highest BCUT2D eigenvalue weighted by molar-refractivity contribution is 7.89. The SMILES string of the molecule is CCCCOc1ccc(S(=O)(=O)NC[C@H](C)O)cc1. The van der Waals surface area contributed by atoms with E-state index in [9.17, 15) is 8.42 Å². The summed E-state index contributed by atoms with van der Waals surface area (Å²) in [5.41, 5.74) is 0. The fourth-order valence-corrected chi connectivity index (χ4v) is 2.48. The van der Waals surface area contributed by atoms with Gasteiger partial charge in [0, 0.05) is 6.54 Å². The summed E-state index contributed by atoms with van der Waals surface area (Å²) in [7, 11) is -3.56. The van der Waals surface area contributed by atoms with Crippen molar-refractivity contribution in [3.8, 4) is 5.75 Å². The van der Waals surface area contributed by atoms with Gasteiger partial charge in [-0.1, -0.05) is 13.3 Å². The predicted octanol–water partition coefficient (Wildman–Crippen LogP) is 1.52. The number of hydrogen-bond donors (Lipinski definition) is 2. The van der Waals surface area contributed by atoms with Crippen molar-refractivity contribution in [3.63, 3.8) is 0 Å². The van der Waals surface area contributed by atoms with Gasteiger partial charge in [-0.25, -0.2) is 13.1 Å². The number of rotatable bonds is 8. The molecule has 1 aromatic rings. The molecule has 0 unspecified atom stereocenters. The fourth-order valence-electron chi connectivity index (χ4n) is 1.36. The predicted molar refractivity (Wildman–Crippen MR) is 73.7 cm³/mol. The first-order chi connectivity index (χ1) is 8.95. The number of benzene rings is 1. The highest BCUT2D eigenvalue weighted by Gasteiger charge is 2.14. The monoisotopic (exact) mass is 287 g/mol. The Bertz CT molecular complexity index is 468. The van der Waals surface area contributed by atoms with Crippen molar-refractivity contribution >= 4 is 10.0 Å². The Balaban J connectivity index is 2.64. The van der Waals surface area contributed by atoms with E-state index in [2.05, 4.69) is 11.6 Å². The zero-order valence-corrected chi connectivity index (χ0v) is 12.1. The maximum atomic E-state index is 11.8. The van der Waals surface area contributed by atoms with Gasteiger partial charge in [0.15, 0.2) is 0 Å². The van der Waals surface area contributed by atoms with Gasteiger partial charge in [-0.3, -0.25) is 0 Å². The molecule has 1 aromatic carbocycles. The second-order valence-corrected chi connectivity index (χ2v) is 6.14. The molecule has 1 atom stereocenters. The van der Waals surface area contributed by atoms with Crippen LogP contribution in [-0.2, 0) is 10.0 Å². The van der Waals surface area contributed by atoms with Crippen LogP contribution >= 0.6 is 0 Å². The van der Waals surface area contributed by atoms with E-state index in [1.54, 1.807) is 12.1 Å². The third kappa shape index (κ3) is 5.59. The van der Waals surface area contributed by atoms with E-state index in [0.29, 0.717) is 12.4 Å². The van der Waals surface area contributed by atoms with Crippen LogP contribution in [0.2, 0.25) is 0 Å². The molecule has 0 saturated heterocycles. The van der Waals surface area contributed by atoms with Gasteiger partial charge in [0.1, 0.15) is 5.75 Å². The summed E-state index contributed by atoms with van der Waals surface area (Å²) >= 11 is 0. The molecule has 19 heavy (non-hydrogen) atoms. The summed E-state index contributed by atoms with van der Waals surface area (Å²) in [4.78, 5) is 0.163. The van der Waals surface area contributed by atoms with Crippen LogP contribution in [0.4, 0.5) is 0 Å². The second-order valence-electron chi connectivity index (χ2n) is 4.37. The molecule has 0 radical (unpaired) electrons. The lowest BCUT2D eigenvalue weighted by molar-refractivity contribution is 0.198. The van der Waals surface area contributed by atoms with Crippen molar-refractivity contribution in [2.24, 2.45) is 0 Å². The molecule has 0 bridgehead atoms. The van der Waals surface area contributed by atoms with Crippen molar-refractivity contribution < 1.29 is 18.3 Å². The Hall–Kier alpha value is -1.11. The van der Waals surface area contributed by atoms with Gasteiger partial charge >= 0.3 is 0 Å². The summed E-state index contributed by atoms with van der Waals surface area (Å²) in [5.74, 6) is 0.655. The molecule has 0 aromatic heterocycles. The van der Waals surface area contributed by atoms with Crippen LogP contribution in [0.3, 0.4) is 0 Å². The number of aliphatic hydroxyl groups is 1. The van der Waals surface area contributed by atoms with Crippen LogP contribution in [0.15, 0.2) is 29.2 Å². The quantitative estimate of drug-likeness (QED) is 0.711. The first-order valence-electron chi connectivity index (χ1n) is 6.36. The van der Waals surface area contributed by atoms with Gasteiger partial charge in [0.25, 0.3) is 0 Å². The van der Waals surface area contributed by atoms with Crippen LogP contribution in [0.25, 0.3) is 0 Å². The molecule has 108 valence electrons. The van der Waals surface area contributed by atoms with Gasteiger partial charge < -0.3 is 9.84 Å². The van der Waals surface area contributed by atoms with E-state index in [4.69, 9.17) is 9.84 Å². The molecule has 5 nitrogen and oxygen atoms in total. The molecule has 2 N–H and O–H groups in total. The molecule has 0 aliphatic heterocycles. The molecule has 0 fully saturated rings. The van der Waals surface area contributed by atoms with E-state index in [-0.39, 0.29) is 11.4 Å². The van der Waals surface area contributed by atoms with E-state index >= 15 is 0 Å². The van der Waals surface area contributed by atoms with Gasteiger partial charge in [-0.2, -0.15) is 0 Å². The molecule has 0 saturated carbocycles. The van der Waals surface area contributed by atoms with E-state index < -0.39 is 16.1 Å². The molecule has 6 heteroatoms. The number of nitrogens with one attached hydrogen (secondary N) is 1. The first-order valence-corrected chi connectivity index (χ1v) is 7.84. The molecule has 0 aliphatic rings. The number of aliphatic hydroxyl groups excluding tert-OH is 1. The topological polar surface area (TPSA) is 75.6 Å². The highest BCUT2D eigenvalue weighted by atomic mass is 32.2.